The zero-order valence-corrected chi connectivity index (χ0v) is 24.3. The lowest BCUT2D eigenvalue weighted by molar-refractivity contribution is -0.113. The second-order valence-electron chi connectivity index (χ2n) is 8.45. The van der Waals surface area contributed by atoms with Crippen LogP contribution in [-0.4, -0.2) is 51.6 Å². The molecule has 0 fully saturated rings. The molecule has 0 radical (unpaired) electrons. The van der Waals surface area contributed by atoms with Crippen molar-refractivity contribution in [3.05, 3.63) is 63.8 Å². The van der Waals surface area contributed by atoms with Crippen molar-refractivity contribution in [3.8, 4) is 5.75 Å². The molecule has 0 saturated carbocycles. The van der Waals surface area contributed by atoms with Gasteiger partial charge in [-0.2, -0.15) is 0 Å². The van der Waals surface area contributed by atoms with Crippen LogP contribution in [0.2, 0.25) is 0 Å². The Balaban J connectivity index is 1.73. The fourth-order valence-electron chi connectivity index (χ4n) is 3.74. The first-order valence-electron chi connectivity index (χ1n) is 12.3. The number of carbonyl (C=O) groups is 3. The van der Waals surface area contributed by atoms with Crippen LogP contribution in [0.4, 0.5) is 5.00 Å². The van der Waals surface area contributed by atoms with Crippen LogP contribution in [0.25, 0.3) is 0 Å². The summed E-state index contributed by atoms with van der Waals surface area (Å²) in [5, 5.41) is 12.0. The first-order valence-corrected chi connectivity index (χ1v) is 14.1. The summed E-state index contributed by atoms with van der Waals surface area (Å²) >= 11 is 2.16. The van der Waals surface area contributed by atoms with Gasteiger partial charge in [-0.05, 0) is 63.4 Å². The molecular formula is C27H32N4O6S2. The molecule has 0 spiro atoms. The first-order chi connectivity index (χ1) is 18.7. The van der Waals surface area contributed by atoms with E-state index in [1.54, 1.807) is 26.8 Å². The average Bonchev–Trinajstić information content (AvgIpc) is 3.41. The van der Waals surface area contributed by atoms with Gasteiger partial charge < -0.3 is 19.5 Å². The first kappa shape index (κ1) is 29.9. The lowest BCUT2D eigenvalue weighted by atomic mass is 10.1. The molecule has 0 atom stereocenters. The minimum Gasteiger partial charge on any atom is -0.486 e. The Bertz CT molecular complexity index is 1340. The average molecular weight is 573 g/mol. The highest BCUT2D eigenvalue weighted by Crippen LogP contribution is 2.34. The third-order valence-corrected chi connectivity index (χ3v) is 7.49. The number of thioether (sulfide) groups is 1. The van der Waals surface area contributed by atoms with Gasteiger partial charge in [-0.15, -0.1) is 28.1 Å². The Morgan fingerprint density at radius 3 is 2.36 bits per heavy atom. The number of hydrogen-bond acceptors (Lipinski definition) is 10. The molecule has 208 valence electrons. The van der Waals surface area contributed by atoms with Crippen molar-refractivity contribution in [3.63, 3.8) is 0 Å². The molecule has 1 amide bonds. The Kier molecular flexibility index (Phi) is 10.7. The number of aromatic nitrogens is 3. The van der Waals surface area contributed by atoms with Crippen LogP contribution in [0.15, 0.2) is 36.0 Å². The van der Waals surface area contributed by atoms with E-state index in [0.717, 1.165) is 28.2 Å². The number of allylic oxidation sites excluding steroid dienone is 1. The number of aryl methyl sites for hydroxylation is 2. The second kappa shape index (κ2) is 13.9. The van der Waals surface area contributed by atoms with E-state index >= 15 is 0 Å². The fraction of sp³-hybridized carbons (Fsp3) is 0.370. The summed E-state index contributed by atoms with van der Waals surface area (Å²) < 4.78 is 18.0. The number of benzene rings is 1. The molecule has 1 aromatic carbocycles. The number of anilines is 1. The number of nitrogens with zero attached hydrogens (tertiary/aromatic N) is 3. The minimum atomic E-state index is -0.621. The maximum absolute atomic E-state index is 12.9. The van der Waals surface area contributed by atoms with Crippen LogP contribution in [0.3, 0.4) is 0 Å². The summed E-state index contributed by atoms with van der Waals surface area (Å²) in [6, 6.07) is 5.97. The Morgan fingerprint density at radius 2 is 1.72 bits per heavy atom. The predicted molar refractivity (Wildman–Crippen MR) is 151 cm³/mol. The quantitative estimate of drug-likeness (QED) is 0.169. The van der Waals surface area contributed by atoms with Crippen molar-refractivity contribution in [2.24, 2.45) is 0 Å². The Hall–Kier alpha value is -3.64. The zero-order valence-electron chi connectivity index (χ0n) is 22.7. The van der Waals surface area contributed by atoms with Gasteiger partial charge in [0, 0.05) is 6.54 Å². The van der Waals surface area contributed by atoms with Gasteiger partial charge in [0.05, 0.1) is 24.5 Å². The van der Waals surface area contributed by atoms with Crippen LogP contribution in [-0.2, 0) is 27.4 Å². The zero-order chi connectivity index (χ0) is 28.5. The number of amides is 1. The van der Waals surface area contributed by atoms with E-state index in [1.807, 2.05) is 30.5 Å². The van der Waals surface area contributed by atoms with E-state index in [0.29, 0.717) is 23.1 Å². The number of rotatable bonds is 13. The molecule has 2 heterocycles. The molecule has 2 aromatic heterocycles. The Labute approximate surface area is 235 Å². The highest BCUT2D eigenvalue weighted by atomic mass is 32.2. The molecule has 0 aliphatic carbocycles. The van der Waals surface area contributed by atoms with Gasteiger partial charge in [0.2, 0.25) is 5.91 Å². The topological polar surface area (TPSA) is 122 Å². The highest BCUT2D eigenvalue weighted by molar-refractivity contribution is 7.99. The van der Waals surface area contributed by atoms with Crippen molar-refractivity contribution in [1.29, 1.82) is 0 Å². The van der Waals surface area contributed by atoms with Crippen LogP contribution < -0.4 is 10.1 Å². The maximum Gasteiger partial charge on any atom is 0.348 e. The molecule has 10 nitrogen and oxygen atoms in total. The van der Waals surface area contributed by atoms with Gasteiger partial charge >= 0.3 is 11.9 Å². The monoisotopic (exact) mass is 572 g/mol. The van der Waals surface area contributed by atoms with Crippen molar-refractivity contribution in [2.45, 2.75) is 52.9 Å². The van der Waals surface area contributed by atoms with Crippen molar-refractivity contribution < 1.29 is 28.6 Å². The normalized spacial score (nSPS) is 10.7. The van der Waals surface area contributed by atoms with E-state index in [2.05, 4.69) is 28.2 Å². The minimum absolute atomic E-state index is 0.0127. The molecule has 0 bridgehead atoms. The second-order valence-corrected chi connectivity index (χ2v) is 10.4. The highest BCUT2D eigenvalue weighted by Gasteiger charge is 2.27. The molecular weight excluding hydrogens is 540 g/mol. The lowest BCUT2D eigenvalue weighted by Gasteiger charge is -2.10. The molecule has 0 saturated heterocycles. The van der Waals surface area contributed by atoms with E-state index in [1.165, 1.54) is 11.8 Å². The fourth-order valence-corrected chi connectivity index (χ4v) is 5.62. The summed E-state index contributed by atoms with van der Waals surface area (Å²) in [6.07, 6.45) is 1.71. The van der Waals surface area contributed by atoms with E-state index in [-0.39, 0.29) is 46.9 Å². The SMILES string of the molecule is C=CCn1c(COc2cc(C)cc(C)c2)nnc1SCC(=O)Nc1sc(C(=O)OCC)c(C)c1C(=O)OCC. The molecule has 0 aliphatic heterocycles. The van der Waals surface area contributed by atoms with Crippen molar-refractivity contribution in [1.82, 2.24) is 14.8 Å². The molecule has 0 aliphatic rings. The van der Waals surface area contributed by atoms with Gasteiger partial charge in [0.15, 0.2) is 11.0 Å². The van der Waals surface area contributed by atoms with Gasteiger partial charge in [-0.1, -0.05) is 23.9 Å². The largest absolute Gasteiger partial charge is 0.486 e. The maximum atomic E-state index is 12.9. The van der Waals surface area contributed by atoms with Crippen LogP contribution in [0, 0.1) is 20.8 Å². The third kappa shape index (κ3) is 7.70. The lowest BCUT2D eigenvalue weighted by Crippen LogP contribution is -2.17. The molecule has 3 aromatic rings. The summed E-state index contributed by atoms with van der Waals surface area (Å²) in [4.78, 5) is 38.1. The van der Waals surface area contributed by atoms with E-state index in [9.17, 15) is 14.4 Å². The van der Waals surface area contributed by atoms with E-state index < -0.39 is 11.9 Å². The van der Waals surface area contributed by atoms with Gasteiger partial charge in [0.25, 0.3) is 0 Å². The van der Waals surface area contributed by atoms with Crippen molar-refractivity contribution >= 4 is 45.9 Å². The Morgan fingerprint density at radius 1 is 1.05 bits per heavy atom. The number of esters is 2. The van der Waals surface area contributed by atoms with Crippen molar-refractivity contribution in [2.75, 3.05) is 24.3 Å². The molecule has 3 rings (SSSR count). The molecule has 12 heteroatoms. The number of hydrogen-bond donors (Lipinski definition) is 1. The predicted octanol–water partition coefficient (Wildman–Crippen LogP) is 5.11. The van der Waals surface area contributed by atoms with E-state index in [4.69, 9.17) is 14.2 Å². The van der Waals surface area contributed by atoms with Crippen LogP contribution in [0.1, 0.15) is 56.4 Å². The van der Waals surface area contributed by atoms with Crippen LogP contribution in [0.5, 0.6) is 5.75 Å². The summed E-state index contributed by atoms with van der Waals surface area (Å²) in [5.74, 6) is -0.253. The molecule has 1 N–H and O–H groups in total. The number of thiophene rings is 1. The van der Waals surface area contributed by atoms with Gasteiger partial charge in [0.1, 0.15) is 22.2 Å². The smallest absolute Gasteiger partial charge is 0.348 e. The standard InChI is InChI=1S/C27H32N4O6S2/c1-7-10-31-20(14-37-19-12-16(4)11-17(5)13-19)29-30-27(31)38-15-21(32)28-24-22(25(33)35-8-2)18(6)23(39-24)26(34)36-9-3/h7,11-13H,1,8-10,14-15H2,2-6H3,(H,28,32). The molecule has 39 heavy (non-hydrogen) atoms. The summed E-state index contributed by atoms with van der Waals surface area (Å²) in [5.41, 5.74) is 2.74. The number of nitrogens with one attached hydrogen (secondary N) is 1. The summed E-state index contributed by atoms with van der Waals surface area (Å²) in [7, 11) is 0. The molecule has 0 unspecified atom stereocenters. The van der Waals surface area contributed by atoms with Crippen LogP contribution >= 0.6 is 23.1 Å². The summed E-state index contributed by atoms with van der Waals surface area (Å²) in [6.45, 7) is 13.8. The number of carbonyl (C=O) groups excluding carboxylic acids is 3. The number of ether oxygens (including phenoxy) is 3. The van der Waals surface area contributed by atoms with Gasteiger partial charge in [-0.25, -0.2) is 9.59 Å². The third-order valence-electron chi connectivity index (χ3n) is 5.34. The van der Waals surface area contributed by atoms with Gasteiger partial charge in [-0.3, -0.25) is 9.36 Å².